The van der Waals surface area contributed by atoms with Gasteiger partial charge in [-0.25, -0.2) is 4.98 Å². The van der Waals surface area contributed by atoms with Crippen molar-refractivity contribution in [2.45, 2.75) is 25.3 Å². The summed E-state index contributed by atoms with van der Waals surface area (Å²) in [6.07, 6.45) is 3.98. The molecule has 1 aromatic carbocycles. The summed E-state index contributed by atoms with van der Waals surface area (Å²) in [5.74, 6) is -0.358. The number of aromatic nitrogens is 2. The standard InChI is InChI=1S/C18H24N4O3/c1-21(2)14-9-7-13(8-10-14)17(18-19-11-12-22(18)3)20-15(23)5-4-6-16(24)25/h7-12,17H,4-6H2,1-3H3,(H,20,23)(H,24,25). The van der Waals surface area contributed by atoms with Gasteiger partial charge in [0.25, 0.3) is 0 Å². The van der Waals surface area contributed by atoms with Crippen LogP contribution in [0.1, 0.15) is 36.7 Å². The van der Waals surface area contributed by atoms with Gasteiger partial charge in [0.15, 0.2) is 0 Å². The Bertz CT molecular complexity index is 722. The zero-order valence-corrected chi connectivity index (χ0v) is 14.8. The highest BCUT2D eigenvalue weighted by Crippen LogP contribution is 2.23. The number of aryl methyl sites for hydroxylation is 1. The largest absolute Gasteiger partial charge is 0.481 e. The lowest BCUT2D eigenvalue weighted by Crippen LogP contribution is -2.31. The topological polar surface area (TPSA) is 87.5 Å². The van der Waals surface area contributed by atoms with Crippen LogP contribution in [0.2, 0.25) is 0 Å². The van der Waals surface area contributed by atoms with Gasteiger partial charge in [-0.15, -0.1) is 0 Å². The van der Waals surface area contributed by atoms with Crippen molar-refractivity contribution >= 4 is 17.6 Å². The van der Waals surface area contributed by atoms with Crippen molar-refractivity contribution in [3.05, 3.63) is 48.0 Å². The summed E-state index contributed by atoms with van der Waals surface area (Å²) in [4.78, 5) is 29.2. The number of benzene rings is 1. The normalized spacial score (nSPS) is 11.8. The lowest BCUT2D eigenvalue weighted by atomic mass is 10.0. The van der Waals surface area contributed by atoms with Crippen LogP contribution < -0.4 is 10.2 Å². The molecule has 2 N–H and O–H groups in total. The fourth-order valence-electron chi connectivity index (χ4n) is 2.55. The van der Waals surface area contributed by atoms with Gasteiger partial charge in [-0.05, 0) is 24.1 Å². The summed E-state index contributed by atoms with van der Waals surface area (Å²) >= 11 is 0. The third-order valence-electron chi connectivity index (χ3n) is 3.96. The molecule has 0 fully saturated rings. The van der Waals surface area contributed by atoms with E-state index < -0.39 is 5.97 Å². The first-order chi connectivity index (χ1) is 11.9. The predicted octanol–water partition coefficient (Wildman–Crippen LogP) is 1.95. The minimum absolute atomic E-state index is 0.0159. The molecule has 1 aromatic heterocycles. The van der Waals surface area contributed by atoms with Crippen LogP contribution in [0.15, 0.2) is 36.7 Å². The van der Waals surface area contributed by atoms with E-state index in [2.05, 4.69) is 10.3 Å². The number of nitrogens with zero attached hydrogens (tertiary/aromatic N) is 3. The van der Waals surface area contributed by atoms with Crippen molar-refractivity contribution in [2.24, 2.45) is 7.05 Å². The van der Waals surface area contributed by atoms with Crippen LogP contribution in [-0.4, -0.2) is 40.6 Å². The fraction of sp³-hybridized carbons (Fsp3) is 0.389. The van der Waals surface area contributed by atoms with E-state index in [1.54, 1.807) is 6.20 Å². The van der Waals surface area contributed by atoms with Crippen molar-refractivity contribution in [1.29, 1.82) is 0 Å². The Balaban J connectivity index is 2.18. The fourth-order valence-corrected chi connectivity index (χ4v) is 2.55. The number of anilines is 1. The molecule has 2 rings (SSSR count). The van der Waals surface area contributed by atoms with Crippen LogP contribution in [0.5, 0.6) is 0 Å². The molecule has 0 aliphatic rings. The molecule has 7 heteroatoms. The molecule has 1 unspecified atom stereocenters. The Morgan fingerprint density at radius 3 is 2.44 bits per heavy atom. The average Bonchev–Trinajstić information content (AvgIpc) is 2.98. The summed E-state index contributed by atoms with van der Waals surface area (Å²) < 4.78 is 1.86. The van der Waals surface area contributed by atoms with Crippen molar-refractivity contribution < 1.29 is 14.7 Å². The van der Waals surface area contributed by atoms with Crippen molar-refractivity contribution in [3.8, 4) is 0 Å². The zero-order valence-electron chi connectivity index (χ0n) is 14.8. The molecule has 0 aliphatic heterocycles. The number of imidazole rings is 1. The molecule has 7 nitrogen and oxygen atoms in total. The summed E-state index contributed by atoms with van der Waals surface area (Å²) in [7, 11) is 5.81. The molecule has 0 saturated carbocycles. The highest BCUT2D eigenvalue weighted by Gasteiger charge is 2.20. The summed E-state index contributed by atoms with van der Waals surface area (Å²) in [5, 5.41) is 11.7. The molecule has 0 radical (unpaired) electrons. The SMILES string of the molecule is CN(C)c1ccc(C(NC(=O)CCCC(=O)O)c2nccn2C)cc1. The van der Waals surface area contributed by atoms with E-state index in [1.807, 2.05) is 61.1 Å². The summed E-state index contributed by atoms with van der Waals surface area (Å²) in [6.45, 7) is 0. The molecule has 0 spiro atoms. The van der Waals surface area contributed by atoms with E-state index in [0.717, 1.165) is 17.1 Å². The highest BCUT2D eigenvalue weighted by molar-refractivity contribution is 5.77. The Labute approximate surface area is 147 Å². The minimum Gasteiger partial charge on any atom is -0.481 e. The van der Waals surface area contributed by atoms with Crippen molar-refractivity contribution in [1.82, 2.24) is 14.9 Å². The molecule has 1 amide bonds. The number of rotatable bonds is 8. The van der Waals surface area contributed by atoms with Gasteiger partial charge in [0.05, 0.1) is 0 Å². The maximum Gasteiger partial charge on any atom is 0.303 e. The second-order valence-electron chi connectivity index (χ2n) is 6.13. The van der Waals surface area contributed by atoms with Gasteiger partial charge in [0.1, 0.15) is 11.9 Å². The van der Waals surface area contributed by atoms with E-state index in [1.165, 1.54) is 0 Å². The number of carboxylic acid groups (broad SMARTS) is 1. The number of nitrogens with one attached hydrogen (secondary N) is 1. The Morgan fingerprint density at radius 1 is 1.24 bits per heavy atom. The van der Waals surface area contributed by atoms with Gasteiger partial charge in [-0.3, -0.25) is 9.59 Å². The first kappa shape index (κ1) is 18.5. The van der Waals surface area contributed by atoms with Gasteiger partial charge in [-0.1, -0.05) is 12.1 Å². The first-order valence-corrected chi connectivity index (χ1v) is 8.14. The van der Waals surface area contributed by atoms with Crippen LogP contribution >= 0.6 is 0 Å². The Morgan fingerprint density at radius 2 is 1.92 bits per heavy atom. The van der Waals surface area contributed by atoms with Crippen molar-refractivity contribution in [3.63, 3.8) is 0 Å². The van der Waals surface area contributed by atoms with Gasteiger partial charge < -0.3 is 19.9 Å². The predicted molar refractivity (Wildman–Crippen MR) is 95.4 cm³/mol. The maximum absolute atomic E-state index is 12.2. The van der Waals surface area contributed by atoms with E-state index >= 15 is 0 Å². The van der Waals surface area contributed by atoms with Gasteiger partial charge >= 0.3 is 5.97 Å². The van der Waals surface area contributed by atoms with Crippen LogP contribution in [0.3, 0.4) is 0 Å². The van der Waals surface area contributed by atoms with E-state index in [9.17, 15) is 9.59 Å². The highest BCUT2D eigenvalue weighted by atomic mass is 16.4. The van der Waals surface area contributed by atoms with Gasteiger partial charge in [0.2, 0.25) is 5.91 Å². The molecule has 2 aromatic rings. The number of hydrogen-bond donors (Lipinski definition) is 2. The van der Waals surface area contributed by atoms with Crippen molar-refractivity contribution in [2.75, 3.05) is 19.0 Å². The molecule has 25 heavy (non-hydrogen) atoms. The molecule has 1 heterocycles. The maximum atomic E-state index is 12.2. The molecular weight excluding hydrogens is 320 g/mol. The second kappa shape index (κ2) is 8.32. The molecule has 0 bridgehead atoms. The first-order valence-electron chi connectivity index (χ1n) is 8.14. The Kier molecular flexibility index (Phi) is 6.16. The number of carboxylic acids is 1. The number of amides is 1. The van der Waals surface area contributed by atoms with E-state index in [0.29, 0.717) is 6.42 Å². The smallest absolute Gasteiger partial charge is 0.303 e. The lowest BCUT2D eigenvalue weighted by Gasteiger charge is -2.20. The lowest BCUT2D eigenvalue weighted by molar-refractivity contribution is -0.137. The number of carbonyl (C=O) groups excluding carboxylic acids is 1. The van der Waals surface area contributed by atoms with Crippen LogP contribution in [0.4, 0.5) is 5.69 Å². The quantitative estimate of drug-likeness (QED) is 0.764. The molecule has 1 atom stereocenters. The van der Waals surface area contributed by atoms with Crippen LogP contribution in [0.25, 0.3) is 0 Å². The number of carbonyl (C=O) groups is 2. The summed E-state index contributed by atoms with van der Waals surface area (Å²) in [5.41, 5.74) is 1.99. The van der Waals surface area contributed by atoms with E-state index in [-0.39, 0.29) is 24.8 Å². The molecular formula is C18H24N4O3. The van der Waals surface area contributed by atoms with E-state index in [4.69, 9.17) is 5.11 Å². The van der Waals surface area contributed by atoms with Gasteiger partial charge in [0, 0.05) is 52.1 Å². The average molecular weight is 344 g/mol. The van der Waals surface area contributed by atoms with Crippen LogP contribution in [-0.2, 0) is 16.6 Å². The van der Waals surface area contributed by atoms with Crippen LogP contribution in [0, 0.1) is 0 Å². The summed E-state index contributed by atoms with van der Waals surface area (Å²) in [6, 6.07) is 7.52. The molecule has 134 valence electrons. The zero-order chi connectivity index (χ0) is 18.4. The third-order valence-corrected chi connectivity index (χ3v) is 3.96. The minimum atomic E-state index is -0.896. The number of aliphatic carboxylic acids is 1. The third kappa shape index (κ3) is 5.07. The monoisotopic (exact) mass is 344 g/mol. The number of hydrogen-bond acceptors (Lipinski definition) is 4. The van der Waals surface area contributed by atoms with Gasteiger partial charge in [-0.2, -0.15) is 0 Å². The Hall–Kier alpha value is -2.83. The molecule has 0 saturated heterocycles. The second-order valence-corrected chi connectivity index (χ2v) is 6.13. The molecule has 0 aliphatic carbocycles.